The number of para-hydroxylation sites is 1. The molecule has 3 N–H and O–H groups in total. The van der Waals surface area contributed by atoms with E-state index < -0.39 is 5.60 Å². The topological polar surface area (TPSA) is 94.9 Å². The monoisotopic (exact) mass is 473 g/mol. The first-order chi connectivity index (χ1) is 16.8. The molecular weight excluding hydrogens is 442 g/mol. The van der Waals surface area contributed by atoms with Crippen LogP contribution in [0.5, 0.6) is 5.75 Å². The van der Waals surface area contributed by atoms with Gasteiger partial charge in [-0.2, -0.15) is 0 Å². The van der Waals surface area contributed by atoms with E-state index in [4.69, 9.17) is 19.6 Å². The third-order valence-electron chi connectivity index (χ3n) is 5.48. The number of carbonyl (C=O) groups excluding carboxylic acids is 1. The molecule has 4 rings (SSSR count). The highest BCUT2D eigenvalue weighted by molar-refractivity contribution is 5.93. The highest BCUT2D eigenvalue weighted by Crippen LogP contribution is 2.34. The molecule has 0 radical (unpaired) electrons. The Morgan fingerprint density at radius 1 is 1.00 bits per heavy atom. The lowest BCUT2D eigenvalue weighted by atomic mass is 9.99. The summed E-state index contributed by atoms with van der Waals surface area (Å²) in [6, 6.07) is 21.1. The summed E-state index contributed by atoms with van der Waals surface area (Å²) < 4.78 is 17.7. The number of carbonyl (C=O) groups is 1. The number of fused-ring (bicyclic) bond motifs is 1. The summed E-state index contributed by atoms with van der Waals surface area (Å²) in [7, 11) is 0. The number of furan rings is 1. The first kappa shape index (κ1) is 24.5. The molecule has 0 unspecified atom stereocenters. The number of esters is 1. The molecule has 1 aromatic heterocycles. The third kappa shape index (κ3) is 6.10. The molecule has 0 bridgehead atoms. The van der Waals surface area contributed by atoms with Crippen LogP contribution in [0.25, 0.3) is 22.1 Å². The van der Waals surface area contributed by atoms with E-state index in [2.05, 4.69) is 0 Å². The normalized spacial score (nSPS) is 11.6. The lowest BCUT2D eigenvalue weighted by Gasteiger charge is -2.20. The molecule has 0 aliphatic heterocycles. The zero-order valence-electron chi connectivity index (χ0n) is 20.3. The lowest BCUT2D eigenvalue weighted by molar-refractivity contribution is -0.153. The van der Waals surface area contributed by atoms with Crippen LogP contribution < -0.4 is 10.5 Å². The molecule has 0 fully saturated rings. The van der Waals surface area contributed by atoms with Gasteiger partial charge in [-0.3, -0.25) is 4.79 Å². The fourth-order valence-electron chi connectivity index (χ4n) is 3.98. The van der Waals surface area contributed by atoms with Crippen molar-refractivity contribution in [3.05, 3.63) is 89.2 Å². The molecule has 0 aliphatic carbocycles. The second kappa shape index (κ2) is 10.3. The average Bonchev–Trinajstić information content (AvgIpc) is 3.24. The van der Waals surface area contributed by atoms with Crippen LogP contribution in [0.1, 0.15) is 43.2 Å². The molecule has 6 nitrogen and oxygen atoms in total. The van der Waals surface area contributed by atoms with Crippen LogP contribution >= 0.6 is 0 Å². The standard InChI is InChI=1S/C29H31NO5/c1-29(2,3)35-27(32)15-22-8-4-5-10-26(22)33-18-24-14-23-12-20(17-31)13-25(28(23)34-24)21-9-6-7-19(11-21)16-30/h4-14,31H,15-18,30H2,1-3H3. The van der Waals surface area contributed by atoms with Gasteiger partial charge in [0.25, 0.3) is 0 Å². The lowest BCUT2D eigenvalue weighted by Crippen LogP contribution is -2.25. The second-order valence-corrected chi connectivity index (χ2v) is 9.50. The van der Waals surface area contributed by atoms with Gasteiger partial charge in [0.2, 0.25) is 0 Å². The highest BCUT2D eigenvalue weighted by atomic mass is 16.6. The Morgan fingerprint density at radius 2 is 1.80 bits per heavy atom. The van der Waals surface area contributed by atoms with Crippen LogP contribution in [-0.2, 0) is 35.7 Å². The fraction of sp³-hybridized carbons (Fsp3) is 0.276. The van der Waals surface area contributed by atoms with Crippen molar-refractivity contribution in [1.29, 1.82) is 0 Å². The average molecular weight is 474 g/mol. The predicted octanol–water partition coefficient (Wildman–Crippen LogP) is 5.51. The number of hydrogen-bond donors (Lipinski definition) is 2. The first-order valence-corrected chi connectivity index (χ1v) is 11.6. The van der Waals surface area contributed by atoms with E-state index in [0.29, 0.717) is 18.1 Å². The highest BCUT2D eigenvalue weighted by Gasteiger charge is 2.18. The van der Waals surface area contributed by atoms with E-state index in [0.717, 1.165) is 38.8 Å². The molecule has 0 atom stereocenters. The summed E-state index contributed by atoms with van der Waals surface area (Å²) in [4.78, 5) is 12.3. The van der Waals surface area contributed by atoms with Crippen molar-refractivity contribution in [2.24, 2.45) is 5.73 Å². The quantitative estimate of drug-likeness (QED) is 0.328. The van der Waals surface area contributed by atoms with Gasteiger partial charge in [-0.15, -0.1) is 0 Å². The van der Waals surface area contributed by atoms with Gasteiger partial charge in [0.1, 0.15) is 29.3 Å². The fourth-order valence-corrected chi connectivity index (χ4v) is 3.98. The van der Waals surface area contributed by atoms with Crippen molar-refractivity contribution in [2.45, 2.75) is 52.6 Å². The predicted molar refractivity (Wildman–Crippen MR) is 136 cm³/mol. The Kier molecular flexibility index (Phi) is 7.24. The molecule has 0 saturated heterocycles. The van der Waals surface area contributed by atoms with Gasteiger partial charge in [0, 0.05) is 23.1 Å². The van der Waals surface area contributed by atoms with Gasteiger partial charge < -0.3 is 24.7 Å². The van der Waals surface area contributed by atoms with Crippen molar-refractivity contribution in [3.8, 4) is 16.9 Å². The van der Waals surface area contributed by atoms with Crippen LogP contribution in [0.2, 0.25) is 0 Å². The van der Waals surface area contributed by atoms with E-state index in [-0.39, 0.29) is 25.6 Å². The maximum absolute atomic E-state index is 12.3. The minimum absolute atomic E-state index is 0.0748. The minimum Gasteiger partial charge on any atom is -0.485 e. The summed E-state index contributed by atoms with van der Waals surface area (Å²) in [5.74, 6) is 0.933. The number of aliphatic hydroxyl groups excluding tert-OH is 1. The zero-order valence-corrected chi connectivity index (χ0v) is 20.3. The maximum atomic E-state index is 12.3. The van der Waals surface area contributed by atoms with Crippen molar-refractivity contribution < 1.29 is 23.8 Å². The number of benzene rings is 3. The van der Waals surface area contributed by atoms with Crippen molar-refractivity contribution in [2.75, 3.05) is 0 Å². The Bertz CT molecular complexity index is 1330. The molecule has 182 valence electrons. The van der Waals surface area contributed by atoms with E-state index in [1.165, 1.54) is 0 Å². The van der Waals surface area contributed by atoms with Gasteiger partial charge in [-0.25, -0.2) is 0 Å². The van der Waals surface area contributed by atoms with Gasteiger partial charge in [-0.05, 0) is 67.8 Å². The molecule has 0 saturated carbocycles. The number of aliphatic hydroxyl groups is 1. The number of nitrogens with two attached hydrogens (primary N) is 1. The Balaban J connectivity index is 1.59. The van der Waals surface area contributed by atoms with Crippen LogP contribution in [0.3, 0.4) is 0 Å². The van der Waals surface area contributed by atoms with Crippen molar-refractivity contribution in [3.63, 3.8) is 0 Å². The molecular formula is C29H31NO5. The van der Waals surface area contributed by atoms with Gasteiger partial charge in [0.15, 0.2) is 0 Å². The largest absolute Gasteiger partial charge is 0.485 e. The summed E-state index contributed by atoms with van der Waals surface area (Å²) in [6.45, 7) is 6.09. The smallest absolute Gasteiger partial charge is 0.310 e. The molecule has 3 aromatic carbocycles. The first-order valence-electron chi connectivity index (χ1n) is 11.6. The molecule has 1 heterocycles. The molecule has 0 amide bonds. The van der Waals surface area contributed by atoms with E-state index in [1.54, 1.807) is 0 Å². The second-order valence-electron chi connectivity index (χ2n) is 9.50. The summed E-state index contributed by atoms with van der Waals surface area (Å²) in [5.41, 5.74) is 10.4. The van der Waals surface area contributed by atoms with Crippen LogP contribution in [0.4, 0.5) is 0 Å². The molecule has 0 aliphatic rings. The SMILES string of the molecule is CC(C)(C)OC(=O)Cc1ccccc1OCc1cc2cc(CO)cc(-c3cccc(CN)c3)c2o1. The van der Waals surface area contributed by atoms with Gasteiger partial charge in [-0.1, -0.05) is 36.4 Å². The van der Waals surface area contributed by atoms with E-state index in [1.807, 2.05) is 87.5 Å². The van der Waals surface area contributed by atoms with Crippen LogP contribution in [-0.4, -0.2) is 16.7 Å². The minimum atomic E-state index is -0.546. The van der Waals surface area contributed by atoms with E-state index >= 15 is 0 Å². The number of hydrogen-bond acceptors (Lipinski definition) is 6. The Hall–Kier alpha value is -3.61. The Morgan fingerprint density at radius 3 is 2.54 bits per heavy atom. The van der Waals surface area contributed by atoms with Gasteiger partial charge in [0.05, 0.1) is 13.0 Å². The molecule has 4 aromatic rings. The van der Waals surface area contributed by atoms with Crippen molar-refractivity contribution >= 4 is 16.9 Å². The maximum Gasteiger partial charge on any atom is 0.310 e. The molecule has 35 heavy (non-hydrogen) atoms. The summed E-state index contributed by atoms with van der Waals surface area (Å²) in [6.07, 6.45) is 0.120. The summed E-state index contributed by atoms with van der Waals surface area (Å²) >= 11 is 0. The van der Waals surface area contributed by atoms with E-state index in [9.17, 15) is 9.90 Å². The third-order valence-corrected chi connectivity index (χ3v) is 5.48. The zero-order chi connectivity index (χ0) is 25.0. The Labute approximate surface area is 205 Å². The van der Waals surface area contributed by atoms with Crippen LogP contribution in [0, 0.1) is 0 Å². The van der Waals surface area contributed by atoms with Gasteiger partial charge >= 0.3 is 5.97 Å². The van der Waals surface area contributed by atoms with Crippen LogP contribution in [0.15, 0.2) is 71.1 Å². The number of rotatable bonds is 8. The summed E-state index contributed by atoms with van der Waals surface area (Å²) in [5, 5.41) is 10.7. The van der Waals surface area contributed by atoms with Crippen molar-refractivity contribution in [1.82, 2.24) is 0 Å². The number of ether oxygens (including phenoxy) is 2. The molecule has 0 spiro atoms. The molecule has 6 heteroatoms.